The van der Waals surface area contributed by atoms with Crippen molar-refractivity contribution in [2.75, 3.05) is 16.7 Å². The molecule has 90 valence electrons. The van der Waals surface area contributed by atoms with Crippen molar-refractivity contribution < 1.29 is 0 Å². The Kier molecular flexibility index (Phi) is 4.43. The molecule has 1 aromatic carbocycles. The van der Waals surface area contributed by atoms with Gasteiger partial charge in [0.2, 0.25) is 0 Å². The first-order valence-electron chi connectivity index (χ1n) is 5.05. The maximum Gasteiger partial charge on any atom is 0.149 e. The van der Waals surface area contributed by atoms with E-state index in [2.05, 4.69) is 4.90 Å². The van der Waals surface area contributed by atoms with Crippen LogP contribution in [0.5, 0.6) is 0 Å². The number of hydrogen-bond donors (Lipinski definition) is 0. The molecule has 1 saturated heterocycles. The Balaban J connectivity index is 2.11. The van der Waals surface area contributed by atoms with E-state index in [-0.39, 0.29) is 5.57 Å². The van der Waals surface area contributed by atoms with Crippen molar-refractivity contribution in [2.45, 2.75) is 0 Å². The molecule has 1 aromatic rings. The van der Waals surface area contributed by atoms with Crippen LogP contribution in [0.2, 0.25) is 5.02 Å². The van der Waals surface area contributed by atoms with Gasteiger partial charge in [0.05, 0.1) is 16.0 Å². The van der Waals surface area contributed by atoms with Gasteiger partial charge < -0.3 is 4.90 Å². The van der Waals surface area contributed by atoms with Gasteiger partial charge in [-0.3, -0.25) is 0 Å². The fraction of sp³-hybridized carbons (Fsp3) is 0.167. The van der Waals surface area contributed by atoms with E-state index in [1.54, 1.807) is 0 Å². The second-order valence-corrected chi connectivity index (χ2v) is 6.06. The molecule has 1 fully saturated rings. The Bertz CT molecular complexity index is 545. The van der Waals surface area contributed by atoms with Crippen LogP contribution in [0.1, 0.15) is 0 Å². The number of rotatable bonds is 1. The predicted molar refractivity (Wildman–Crippen MR) is 77.1 cm³/mol. The largest absolute Gasteiger partial charge is 0.352 e. The van der Waals surface area contributed by atoms with Crippen LogP contribution < -0.4 is 4.90 Å². The van der Waals surface area contributed by atoms with E-state index >= 15 is 0 Å². The van der Waals surface area contributed by atoms with Crippen molar-refractivity contribution in [2.24, 2.45) is 0 Å². The third-order valence-corrected chi connectivity index (χ3v) is 5.06. The highest BCUT2D eigenvalue weighted by atomic mass is 35.5. The fourth-order valence-corrected chi connectivity index (χ4v) is 3.88. The first kappa shape index (κ1) is 13.2. The number of nitrogens with zero attached hydrogens (tertiary/aromatic N) is 3. The van der Waals surface area contributed by atoms with Gasteiger partial charge in [0.1, 0.15) is 17.7 Å². The number of allylic oxidation sites excluding steroid dienone is 1. The highest BCUT2D eigenvalue weighted by Crippen LogP contribution is 2.39. The van der Waals surface area contributed by atoms with Crippen LogP contribution in [0, 0.1) is 22.7 Å². The molecule has 1 heterocycles. The zero-order valence-electron chi connectivity index (χ0n) is 9.26. The molecule has 1 aliphatic rings. The molecule has 6 heteroatoms. The second-order valence-electron chi connectivity index (χ2n) is 3.45. The molecule has 0 spiro atoms. The molecule has 0 aromatic heterocycles. The van der Waals surface area contributed by atoms with E-state index in [4.69, 9.17) is 22.1 Å². The SMILES string of the molecule is N#CC(C#N)=C1SCN(c2cccc(Cl)c2)CS1. The summed E-state index contributed by atoms with van der Waals surface area (Å²) in [7, 11) is 0. The zero-order valence-corrected chi connectivity index (χ0v) is 11.6. The van der Waals surface area contributed by atoms with Gasteiger partial charge in [0.15, 0.2) is 0 Å². The smallest absolute Gasteiger partial charge is 0.149 e. The van der Waals surface area contributed by atoms with Crippen molar-refractivity contribution in [3.8, 4) is 12.1 Å². The van der Waals surface area contributed by atoms with Gasteiger partial charge in [0.25, 0.3) is 0 Å². The minimum Gasteiger partial charge on any atom is -0.352 e. The highest BCUT2D eigenvalue weighted by molar-refractivity contribution is 8.23. The Labute approximate surface area is 119 Å². The first-order valence-corrected chi connectivity index (χ1v) is 7.40. The lowest BCUT2D eigenvalue weighted by molar-refractivity contribution is 1.06. The van der Waals surface area contributed by atoms with E-state index in [9.17, 15) is 0 Å². The standard InChI is InChI=1S/C12H8ClN3S2/c13-10-2-1-3-11(4-10)16-7-17-12(18-8-16)9(5-14)6-15/h1-4H,7-8H2. The van der Waals surface area contributed by atoms with Gasteiger partial charge in [-0.25, -0.2) is 0 Å². The molecule has 2 rings (SSSR count). The number of anilines is 1. The quantitative estimate of drug-likeness (QED) is 0.737. The van der Waals surface area contributed by atoms with Crippen LogP contribution in [-0.4, -0.2) is 11.8 Å². The van der Waals surface area contributed by atoms with Crippen molar-refractivity contribution in [1.82, 2.24) is 0 Å². The summed E-state index contributed by atoms with van der Waals surface area (Å²) >= 11 is 8.97. The number of benzene rings is 1. The summed E-state index contributed by atoms with van der Waals surface area (Å²) in [5.41, 5.74) is 1.26. The van der Waals surface area contributed by atoms with Crippen LogP contribution in [-0.2, 0) is 0 Å². The van der Waals surface area contributed by atoms with Gasteiger partial charge in [-0.15, -0.1) is 0 Å². The van der Waals surface area contributed by atoms with E-state index in [1.165, 1.54) is 23.5 Å². The second kappa shape index (κ2) is 6.06. The molecular weight excluding hydrogens is 286 g/mol. The maximum absolute atomic E-state index is 8.81. The van der Waals surface area contributed by atoms with Gasteiger partial charge >= 0.3 is 0 Å². The van der Waals surface area contributed by atoms with Gasteiger partial charge in [-0.05, 0) is 18.2 Å². The number of nitriles is 2. The topological polar surface area (TPSA) is 50.8 Å². The van der Waals surface area contributed by atoms with E-state index in [0.29, 0.717) is 5.02 Å². The van der Waals surface area contributed by atoms with Gasteiger partial charge in [-0.2, -0.15) is 10.5 Å². The molecular formula is C12H8ClN3S2. The van der Waals surface area contributed by atoms with Crippen molar-refractivity contribution in [3.63, 3.8) is 0 Å². The normalized spacial score (nSPS) is 14.8. The number of halogens is 1. The summed E-state index contributed by atoms with van der Waals surface area (Å²) in [4.78, 5) is 2.15. The molecule has 0 aliphatic carbocycles. The summed E-state index contributed by atoms with van der Waals surface area (Å²) in [6.45, 7) is 0. The number of hydrogen-bond acceptors (Lipinski definition) is 5. The van der Waals surface area contributed by atoms with Gasteiger partial charge in [0, 0.05) is 10.7 Å². The third-order valence-electron chi connectivity index (χ3n) is 2.30. The molecule has 1 aliphatic heterocycles. The molecule has 0 amide bonds. The monoisotopic (exact) mass is 293 g/mol. The highest BCUT2D eigenvalue weighted by Gasteiger charge is 2.18. The van der Waals surface area contributed by atoms with Crippen LogP contribution in [0.3, 0.4) is 0 Å². The lowest BCUT2D eigenvalue weighted by Gasteiger charge is -2.29. The molecule has 0 N–H and O–H groups in total. The summed E-state index contributed by atoms with van der Waals surface area (Å²) in [5.74, 6) is 1.44. The summed E-state index contributed by atoms with van der Waals surface area (Å²) in [5, 5.41) is 18.3. The van der Waals surface area contributed by atoms with Crippen molar-refractivity contribution in [1.29, 1.82) is 10.5 Å². The van der Waals surface area contributed by atoms with E-state index < -0.39 is 0 Å². The number of thioether (sulfide) groups is 2. The summed E-state index contributed by atoms with van der Waals surface area (Å²) < 4.78 is 0.804. The maximum atomic E-state index is 8.81. The molecule has 0 radical (unpaired) electrons. The molecule has 0 unspecified atom stereocenters. The minimum absolute atomic E-state index is 0.204. The predicted octanol–water partition coefficient (Wildman–Crippen LogP) is 3.80. The summed E-state index contributed by atoms with van der Waals surface area (Å²) in [6, 6.07) is 11.5. The Morgan fingerprint density at radius 1 is 1.22 bits per heavy atom. The van der Waals surface area contributed by atoms with Crippen LogP contribution in [0.4, 0.5) is 5.69 Å². The Hall–Kier alpha value is -1.27. The Morgan fingerprint density at radius 2 is 1.89 bits per heavy atom. The average molecular weight is 294 g/mol. The first-order chi connectivity index (χ1) is 8.74. The molecule has 0 bridgehead atoms. The van der Waals surface area contributed by atoms with Gasteiger partial charge in [-0.1, -0.05) is 41.2 Å². The zero-order chi connectivity index (χ0) is 13.0. The lowest BCUT2D eigenvalue weighted by atomic mass is 10.3. The molecule has 18 heavy (non-hydrogen) atoms. The van der Waals surface area contributed by atoms with E-state index in [1.807, 2.05) is 36.4 Å². The van der Waals surface area contributed by atoms with Crippen LogP contribution in [0.15, 0.2) is 34.1 Å². The fourth-order valence-electron chi connectivity index (χ4n) is 1.43. The Morgan fingerprint density at radius 3 is 2.44 bits per heavy atom. The van der Waals surface area contributed by atoms with Crippen molar-refractivity contribution in [3.05, 3.63) is 39.1 Å². The molecule has 3 nitrogen and oxygen atoms in total. The van der Waals surface area contributed by atoms with Crippen LogP contribution >= 0.6 is 35.1 Å². The minimum atomic E-state index is 0.204. The van der Waals surface area contributed by atoms with Crippen LogP contribution in [0.25, 0.3) is 0 Å². The lowest BCUT2D eigenvalue weighted by Crippen LogP contribution is -2.25. The van der Waals surface area contributed by atoms with Crippen molar-refractivity contribution >= 4 is 40.8 Å². The van der Waals surface area contributed by atoms with E-state index in [0.717, 1.165) is 21.7 Å². The average Bonchev–Trinajstić information content (AvgIpc) is 2.41. The third kappa shape index (κ3) is 2.94. The molecule has 0 atom stereocenters. The summed E-state index contributed by atoms with van der Waals surface area (Å²) in [6.07, 6.45) is 0. The molecule has 0 saturated carbocycles.